The zero-order chi connectivity index (χ0) is 15.3. The first-order chi connectivity index (χ1) is 9.23. The SMILES string of the molecule is CCOc1ccc([N+](=O)[O-])c(NC(=O)OC(C)(C)C)n1. The molecule has 0 aliphatic heterocycles. The second kappa shape index (κ2) is 6.18. The van der Waals surface area contributed by atoms with Crippen LogP contribution in [0.5, 0.6) is 5.88 Å². The summed E-state index contributed by atoms with van der Waals surface area (Å²) in [6, 6.07) is 2.58. The Bertz CT molecular complexity index is 510. The van der Waals surface area contributed by atoms with Crippen LogP contribution in [0.25, 0.3) is 0 Å². The van der Waals surface area contributed by atoms with Crippen molar-refractivity contribution in [2.45, 2.75) is 33.3 Å². The summed E-state index contributed by atoms with van der Waals surface area (Å²) >= 11 is 0. The van der Waals surface area contributed by atoms with Gasteiger partial charge in [-0.3, -0.25) is 15.4 Å². The van der Waals surface area contributed by atoms with E-state index in [1.165, 1.54) is 12.1 Å². The molecule has 110 valence electrons. The molecule has 1 aromatic heterocycles. The Kier molecular flexibility index (Phi) is 4.84. The molecule has 8 nitrogen and oxygen atoms in total. The number of nitrogens with zero attached hydrogens (tertiary/aromatic N) is 2. The van der Waals surface area contributed by atoms with Crippen molar-refractivity contribution in [1.29, 1.82) is 0 Å². The van der Waals surface area contributed by atoms with E-state index >= 15 is 0 Å². The number of hydrogen-bond donors (Lipinski definition) is 1. The molecular weight excluding hydrogens is 266 g/mol. The molecule has 0 saturated heterocycles. The normalized spacial score (nSPS) is 10.8. The van der Waals surface area contributed by atoms with Gasteiger partial charge in [-0.1, -0.05) is 0 Å². The number of rotatable bonds is 4. The predicted octanol–water partition coefficient (Wildman–Crippen LogP) is 2.74. The molecule has 1 rings (SSSR count). The van der Waals surface area contributed by atoms with Crippen LogP contribution >= 0.6 is 0 Å². The average Bonchev–Trinajstić information content (AvgIpc) is 2.26. The molecule has 1 heterocycles. The van der Waals surface area contributed by atoms with Crippen LogP contribution in [0.4, 0.5) is 16.3 Å². The number of nitro groups is 1. The smallest absolute Gasteiger partial charge is 0.413 e. The standard InChI is InChI=1S/C12H17N3O5/c1-5-19-9-7-6-8(15(17)18)10(13-9)14-11(16)20-12(2,3)4/h6-7H,5H2,1-4H3,(H,13,14,16). The van der Waals surface area contributed by atoms with Gasteiger partial charge in [0.1, 0.15) is 5.60 Å². The Morgan fingerprint density at radius 1 is 1.45 bits per heavy atom. The Hall–Kier alpha value is -2.38. The van der Waals surface area contributed by atoms with E-state index in [1.807, 2.05) is 0 Å². The number of anilines is 1. The van der Waals surface area contributed by atoms with Crippen molar-refractivity contribution in [2.75, 3.05) is 11.9 Å². The summed E-state index contributed by atoms with van der Waals surface area (Å²) in [5.41, 5.74) is -1.05. The lowest BCUT2D eigenvalue weighted by Crippen LogP contribution is -2.27. The molecule has 8 heteroatoms. The van der Waals surface area contributed by atoms with Crippen molar-refractivity contribution in [3.05, 3.63) is 22.2 Å². The van der Waals surface area contributed by atoms with E-state index in [1.54, 1.807) is 27.7 Å². The number of aromatic nitrogens is 1. The van der Waals surface area contributed by atoms with E-state index in [-0.39, 0.29) is 17.4 Å². The van der Waals surface area contributed by atoms with Gasteiger partial charge in [0.2, 0.25) is 11.7 Å². The molecule has 0 spiro atoms. The third kappa shape index (κ3) is 4.71. The number of hydrogen-bond acceptors (Lipinski definition) is 6. The molecule has 0 bridgehead atoms. The fourth-order valence-corrected chi connectivity index (χ4v) is 1.30. The number of amides is 1. The van der Waals surface area contributed by atoms with Crippen LogP contribution in [0, 0.1) is 10.1 Å². The first kappa shape index (κ1) is 15.7. The predicted molar refractivity (Wildman–Crippen MR) is 71.9 cm³/mol. The maximum atomic E-state index is 11.6. The highest BCUT2D eigenvalue weighted by Gasteiger charge is 2.22. The second-order valence-electron chi connectivity index (χ2n) is 4.83. The molecule has 1 N–H and O–H groups in total. The Balaban J connectivity index is 2.98. The van der Waals surface area contributed by atoms with E-state index in [0.29, 0.717) is 6.61 Å². The fraction of sp³-hybridized carbons (Fsp3) is 0.500. The summed E-state index contributed by atoms with van der Waals surface area (Å²) in [4.78, 5) is 25.8. The van der Waals surface area contributed by atoms with E-state index in [9.17, 15) is 14.9 Å². The molecule has 0 saturated carbocycles. The summed E-state index contributed by atoms with van der Waals surface area (Å²) in [5.74, 6) is -0.0284. The van der Waals surface area contributed by atoms with Gasteiger partial charge in [0.15, 0.2) is 0 Å². The maximum Gasteiger partial charge on any atom is 0.413 e. The number of ether oxygens (including phenoxy) is 2. The molecule has 1 aromatic rings. The van der Waals surface area contributed by atoms with Crippen LogP contribution < -0.4 is 10.1 Å². The van der Waals surface area contributed by atoms with Crippen LogP contribution in [-0.4, -0.2) is 28.2 Å². The van der Waals surface area contributed by atoms with Gasteiger partial charge < -0.3 is 9.47 Å². The molecule has 0 radical (unpaired) electrons. The van der Waals surface area contributed by atoms with Crippen LogP contribution in [0.15, 0.2) is 12.1 Å². The average molecular weight is 283 g/mol. The second-order valence-corrected chi connectivity index (χ2v) is 4.83. The monoisotopic (exact) mass is 283 g/mol. The van der Waals surface area contributed by atoms with Crippen LogP contribution in [-0.2, 0) is 4.74 Å². The van der Waals surface area contributed by atoms with Crippen molar-refractivity contribution in [2.24, 2.45) is 0 Å². The van der Waals surface area contributed by atoms with Crippen molar-refractivity contribution < 1.29 is 19.2 Å². The number of nitrogens with one attached hydrogen (secondary N) is 1. The minimum Gasteiger partial charge on any atom is -0.478 e. The highest BCUT2D eigenvalue weighted by molar-refractivity contribution is 5.86. The zero-order valence-electron chi connectivity index (χ0n) is 11.8. The zero-order valence-corrected chi connectivity index (χ0v) is 11.8. The summed E-state index contributed by atoms with van der Waals surface area (Å²) in [6.45, 7) is 7.17. The van der Waals surface area contributed by atoms with Crippen molar-refractivity contribution in [1.82, 2.24) is 4.98 Å². The minimum absolute atomic E-state index is 0.184. The van der Waals surface area contributed by atoms with E-state index in [2.05, 4.69) is 10.3 Å². The molecule has 0 atom stereocenters. The van der Waals surface area contributed by atoms with Crippen LogP contribution in [0.1, 0.15) is 27.7 Å². The first-order valence-electron chi connectivity index (χ1n) is 6.01. The Morgan fingerprint density at radius 2 is 2.10 bits per heavy atom. The van der Waals surface area contributed by atoms with Gasteiger partial charge in [-0.05, 0) is 27.7 Å². The molecular formula is C12H17N3O5. The van der Waals surface area contributed by atoms with E-state index in [4.69, 9.17) is 9.47 Å². The molecule has 20 heavy (non-hydrogen) atoms. The maximum absolute atomic E-state index is 11.6. The van der Waals surface area contributed by atoms with Gasteiger partial charge in [0, 0.05) is 12.1 Å². The summed E-state index contributed by atoms with van der Waals surface area (Å²) < 4.78 is 10.2. The highest BCUT2D eigenvalue weighted by atomic mass is 16.6. The third-order valence-corrected chi connectivity index (χ3v) is 1.96. The van der Waals surface area contributed by atoms with Crippen LogP contribution in [0.2, 0.25) is 0 Å². The molecule has 0 aliphatic rings. The Labute approximate surface area is 116 Å². The lowest BCUT2D eigenvalue weighted by atomic mass is 10.2. The van der Waals surface area contributed by atoms with E-state index < -0.39 is 16.6 Å². The topological polar surface area (TPSA) is 104 Å². The van der Waals surface area contributed by atoms with Crippen molar-refractivity contribution in [3.8, 4) is 5.88 Å². The van der Waals surface area contributed by atoms with E-state index in [0.717, 1.165) is 0 Å². The number of carbonyl (C=O) groups excluding carboxylic acids is 1. The van der Waals surface area contributed by atoms with Gasteiger partial charge in [0.25, 0.3) is 0 Å². The summed E-state index contributed by atoms with van der Waals surface area (Å²) in [7, 11) is 0. The molecule has 0 fully saturated rings. The Morgan fingerprint density at radius 3 is 2.60 bits per heavy atom. The lowest BCUT2D eigenvalue weighted by Gasteiger charge is -2.19. The fourth-order valence-electron chi connectivity index (χ4n) is 1.30. The molecule has 1 amide bonds. The third-order valence-electron chi connectivity index (χ3n) is 1.96. The lowest BCUT2D eigenvalue weighted by molar-refractivity contribution is -0.384. The van der Waals surface area contributed by atoms with Gasteiger partial charge >= 0.3 is 11.8 Å². The van der Waals surface area contributed by atoms with Gasteiger partial charge in [-0.15, -0.1) is 0 Å². The van der Waals surface area contributed by atoms with Gasteiger partial charge in [-0.25, -0.2) is 4.79 Å². The largest absolute Gasteiger partial charge is 0.478 e. The molecule has 0 aliphatic carbocycles. The quantitative estimate of drug-likeness (QED) is 0.673. The van der Waals surface area contributed by atoms with Crippen molar-refractivity contribution in [3.63, 3.8) is 0 Å². The summed E-state index contributed by atoms with van der Waals surface area (Å²) in [6.07, 6.45) is -0.818. The van der Waals surface area contributed by atoms with Gasteiger partial charge in [0.05, 0.1) is 11.5 Å². The number of pyridine rings is 1. The number of carbonyl (C=O) groups is 1. The summed E-state index contributed by atoms with van der Waals surface area (Å²) in [5, 5.41) is 13.1. The minimum atomic E-state index is -0.818. The molecule has 0 unspecified atom stereocenters. The van der Waals surface area contributed by atoms with Gasteiger partial charge in [-0.2, -0.15) is 4.98 Å². The first-order valence-corrected chi connectivity index (χ1v) is 6.01. The van der Waals surface area contributed by atoms with Crippen molar-refractivity contribution >= 4 is 17.6 Å². The highest BCUT2D eigenvalue weighted by Crippen LogP contribution is 2.25. The van der Waals surface area contributed by atoms with Crippen LogP contribution in [0.3, 0.4) is 0 Å². The molecule has 0 aromatic carbocycles.